The van der Waals surface area contributed by atoms with Crippen molar-refractivity contribution in [2.75, 3.05) is 24.7 Å². The Bertz CT molecular complexity index is 402. The molecule has 6 heteroatoms. The molecule has 2 unspecified atom stereocenters. The van der Waals surface area contributed by atoms with E-state index in [9.17, 15) is 0 Å². The number of nitrogens with one attached hydrogen (secondary N) is 1. The summed E-state index contributed by atoms with van der Waals surface area (Å²) in [5, 5.41) is 7.60. The lowest BCUT2D eigenvalue weighted by Gasteiger charge is -2.18. The third kappa shape index (κ3) is 3.49. The summed E-state index contributed by atoms with van der Waals surface area (Å²) in [6.45, 7) is 3.91. The van der Waals surface area contributed by atoms with Crippen LogP contribution in [0.1, 0.15) is 37.6 Å². The number of aromatic nitrogens is 2. The third-order valence-corrected chi connectivity index (χ3v) is 4.63. The van der Waals surface area contributed by atoms with E-state index in [2.05, 4.69) is 22.4 Å². The SMILES string of the molecule is CCNC(Cc1nc(C2CSCCO2)no1)C1CC1. The molecular formula is C13H21N3O2S. The van der Waals surface area contributed by atoms with Crippen molar-refractivity contribution in [3.8, 4) is 0 Å². The van der Waals surface area contributed by atoms with E-state index in [1.165, 1.54) is 12.8 Å². The zero-order valence-corrected chi connectivity index (χ0v) is 12.1. The minimum Gasteiger partial charge on any atom is -0.368 e. The van der Waals surface area contributed by atoms with Crippen LogP contribution in [0.15, 0.2) is 4.52 Å². The van der Waals surface area contributed by atoms with E-state index >= 15 is 0 Å². The smallest absolute Gasteiger partial charge is 0.228 e. The zero-order valence-electron chi connectivity index (χ0n) is 11.3. The summed E-state index contributed by atoms with van der Waals surface area (Å²) in [7, 11) is 0. The van der Waals surface area contributed by atoms with Gasteiger partial charge >= 0.3 is 0 Å². The molecular weight excluding hydrogens is 262 g/mol. The standard InChI is InChI=1S/C13H21N3O2S/c1-2-14-10(9-3-4-9)7-12-15-13(16-18-12)11-8-19-6-5-17-11/h9-11,14H,2-8H2,1H3. The maximum Gasteiger partial charge on any atom is 0.228 e. The number of rotatable bonds is 6. The molecule has 0 spiro atoms. The molecule has 19 heavy (non-hydrogen) atoms. The molecule has 5 nitrogen and oxygen atoms in total. The molecule has 2 atom stereocenters. The Morgan fingerprint density at radius 2 is 2.37 bits per heavy atom. The van der Waals surface area contributed by atoms with E-state index in [0.29, 0.717) is 11.9 Å². The molecule has 0 radical (unpaired) electrons. The Balaban J connectivity index is 1.60. The highest BCUT2D eigenvalue weighted by Gasteiger charge is 2.32. The summed E-state index contributed by atoms with van der Waals surface area (Å²) < 4.78 is 11.1. The average molecular weight is 283 g/mol. The fourth-order valence-corrected chi connectivity index (χ4v) is 3.31. The first-order valence-electron chi connectivity index (χ1n) is 7.12. The number of ether oxygens (including phenoxy) is 1. The second kappa shape index (κ2) is 6.24. The molecule has 1 N–H and O–H groups in total. The average Bonchev–Trinajstić information content (AvgIpc) is 3.19. The summed E-state index contributed by atoms with van der Waals surface area (Å²) >= 11 is 1.89. The van der Waals surface area contributed by atoms with Crippen molar-refractivity contribution in [1.29, 1.82) is 0 Å². The molecule has 1 aliphatic carbocycles. The molecule has 2 aliphatic rings. The van der Waals surface area contributed by atoms with Crippen molar-refractivity contribution in [3.05, 3.63) is 11.7 Å². The highest BCUT2D eigenvalue weighted by Crippen LogP contribution is 2.34. The van der Waals surface area contributed by atoms with Crippen molar-refractivity contribution in [1.82, 2.24) is 15.5 Å². The maximum atomic E-state index is 5.67. The number of hydrogen-bond acceptors (Lipinski definition) is 6. The first kappa shape index (κ1) is 13.4. The van der Waals surface area contributed by atoms with Gasteiger partial charge in [-0.1, -0.05) is 12.1 Å². The number of likely N-dealkylation sites (N-methyl/N-ethyl adjacent to an activating group) is 1. The molecule has 0 bridgehead atoms. The van der Waals surface area contributed by atoms with Crippen LogP contribution in [0.5, 0.6) is 0 Å². The Labute approximate surface area is 117 Å². The van der Waals surface area contributed by atoms with Crippen LogP contribution in [0.4, 0.5) is 0 Å². The van der Waals surface area contributed by atoms with Gasteiger partial charge in [0, 0.05) is 24.0 Å². The van der Waals surface area contributed by atoms with Crippen LogP contribution >= 0.6 is 11.8 Å². The van der Waals surface area contributed by atoms with Crippen LogP contribution in [-0.4, -0.2) is 40.8 Å². The first-order valence-corrected chi connectivity index (χ1v) is 8.27. The van der Waals surface area contributed by atoms with Crippen molar-refractivity contribution in [3.63, 3.8) is 0 Å². The quantitative estimate of drug-likeness (QED) is 0.859. The minimum atomic E-state index is 0.00904. The van der Waals surface area contributed by atoms with E-state index in [-0.39, 0.29) is 6.10 Å². The number of nitrogens with zero attached hydrogens (tertiary/aromatic N) is 2. The molecule has 0 amide bonds. The second-order valence-corrected chi connectivity index (χ2v) is 6.34. The lowest BCUT2D eigenvalue weighted by Crippen LogP contribution is -2.33. The first-order chi connectivity index (χ1) is 9.36. The summed E-state index contributed by atoms with van der Waals surface area (Å²) in [6.07, 6.45) is 3.49. The molecule has 3 rings (SSSR count). The summed E-state index contributed by atoms with van der Waals surface area (Å²) in [5.41, 5.74) is 0. The Hall–Kier alpha value is -0.590. The highest BCUT2D eigenvalue weighted by molar-refractivity contribution is 7.99. The van der Waals surface area contributed by atoms with Crippen LogP contribution in [0.3, 0.4) is 0 Å². The molecule has 1 saturated carbocycles. The summed E-state index contributed by atoms with van der Waals surface area (Å²) in [4.78, 5) is 4.51. The van der Waals surface area contributed by atoms with Crippen molar-refractivity contribution < 1.29 is 9.26 Å². The van der Waals surface area contributed by atoms with Gasteiger partial charge in [-0.05, 0) is 25.3 Å². The molecule has 106 valence electrons. The van der Waals surface area contributed by atoms with E-state index < -0.39 is 0 Å². The van der Waals surface area contributed by atoms with Crippen LogP contribution in [0.2, 0.25) is 0 Å². The monoisotopic (exact) mass is 283 g/mol. The van der Waals surface area contributed by atoms with Crippen LogP contribution in [-0.2, 0) is 11.2 Å². The van der Waals surface area contributed by atoms with E-state index in [1.807, 2.05) is 11.8 Å². The van der Waals surface area contributed by atoms with Crippen LogP contribution in [0, 0.1) is 5.92 Å². The third-order valence-electron chi connectivity index (χ3n) is 3.64. The molecule has 1 aliphatic heterocycles. The van der Waals surface area contributed by atoms with Gasteiger partial charge in [0.15, 0.2) is 0 Å². The van der Waals surface area contributed by atoms with Gasteiger partial charge < -0.3 is 14.6 Å². The van der Waals surface area contributed by atoms with E-state index in [0.717, 1.165) is 42.9 Å². The maximum absolute atomic E-state index is 5.67. The topological polar surface area (TPSA) is 60.2 Å². The van der Waals surface area contributed by atoms with Crippen LogP contribution < -0.4 is 5.32 Å². The van der Waals surface area contributed by atoms with Gasteiger partial charge in [-0.15, -0.1) is 0 Å². The van der Waals surface area contributed by atoms with Gasteiger partial charge in [0.2, 0.25) is 11.7 Å². The fourth-order valence-electron chi connectivity index (χ4n) is 2.47. The van der Waals surface area contributed by atoms with Gasteiger partial charge in [-0.2, -0.15) is 16.7 Å². The van der Waals surface area contributed by atoms with Gasteiger partial charge in [-0.3, -0.25) is 0 Å². The molecule has 2 fully saturated rings. The van der Waals surface area contributed by atoms with Crippen molar-refractivity contribution in [2.24, 2.45) is 5.92 Å². The van der Waals surface area contributed by atoms with Crippen molar-refractivity contribution in [2.45, 2.75) is 38.3 Å². The van der Waals surface area contributed by atoms with Crippen molar-refractivity contribution >= 4 is 11.8 Å². The van der Waals surface area contributed by atoms with Gasteiger partial charge in [0.05, 0.1) is 6.61 Å². The van der Waals surface area contributed by atoms with E-state index in [4.69, 9.17) is 9.26 Å². The molecule has 1 aromatic heterocycles. The lowest BCUT2D eigenvalue weighted by molar-refractivity contribution is 0.0677. The number of thioether (sulfide) groups is 1. The van der Waals surface area contributed by atoms with Gasteiger partial charge in [-0.25, -0.2) is 0 Å². The summed E-state index contributed by atoms with van der Waals surface area (Å²) in [6, 6.07) is 0.486. The Kier molecular flexibility index (Phi) is 4.40. The molecule has 2 heterocycles. The van der Waals surface area contributed by atoms with Gasteiger partial charge in [0.25, 0.3) is 0 Å². The predicted octanol–water partition coefficient (Wildman–Crippen LogP) is 1.80. The predicted molar refractivity (Wildman–Crippen MR) is 74.2 cm³/mol. The lowest BCUT2D eigenvalue weighted by atomic mass is 10.1. The molecule has 1 saturated heterocycles. The second-order valence-electron chi connectivity index (χ2n) is 5.19. The minimum absolute atomic E-state index is 0.00904. The summed E-state index contributed by atoms with van der Waals surface area (Å²) in [5.74, 6) is 4.24. The Morgan fingerprint density at radius 3 is 3.05 bits per heavy atom. The zero-order chi connectivity index (χ0) is 13.1. The fraction of sp³-hybridized carbons (Fsp3) is 0.846. The molecule has 1 aromatic rings. The van der Waals surface area contributed by atoms with Gasteiger partial charge in [0.1, 0.15) is 6.10 Å². The van der Waals surface area contributed by atoms with E-state index in [1.54, 1.807) is 0 Å². The molecule has 0 aromatic carbocycles. The van der Waals surface area contributed by atoms with Crippen LogP contribution in [0.25, 0.3) is 0 Å². The largest absolute Gasteiger partial charge is 0.368 e. The normalized spacial score (nSPS) is 25.4. The number of hydrogen-bond donors (Lipinski definition) is 1. The highest BCUT2D eigenvalue weighted by atomic mass is 32.2. The Morgan fingerprint density at radius 1 is 1.47 bits per heavy atom.